The van der Waals surface area contributed by atoms with Crippen molar-refractivity contribution in [1.29, 1.82) is 0 Å². The zero-order valence-corrected chi connectivity index (χ0v) is 12.5. The van der Waals surface area contributed by atoms with Crippen LogP contribution in [-0.4, -0.2) is 20.8 Å². The Labute approximate surface area is 121 Å². The fourth-order valence-corrected chi connectivity index (χ4v) is 2.69. The Balaban J connectivity index is 2.14. The fourth-order valence-electron chi connectivity index (χ4n) is 2.69. The van der Waals surface area contributed by atoms with E-state index >= 15 is 0 Å². The summed E-state index contributed by atoms with van der Waals surface area (Å²) in [5.74, 6) is 1.33. The maximum atomic E-state index is 6.44. The largest absolute Gasteiger partial charge is 0.327 e. The second-order valence-corrected chi connectivity index (χ2v) is 5.51. The minimum absolute atomic E-state index is 0.0594. The first-order chi connectivity index (χ1) is 9.63. The average Bonchev–Trinajstić information content (AvgIpc) is 2.89. The quantitative estimate of drug-likeness (QED) is 0.879. The Bertz CT molecular complexity index is 518. The molecule has 2 rings (SSSR count). The summed E-state index contributed by atoms with van der Waals surface area (Å²) >= 11 is 0. The van der Waals surface area contributed by atoms with Gasteiger partial charge in [-0.1, -0.05) is 37.3 Å². The van der Waals surface area contributed by atoms with Crippen LogP contribution >= 0.6 is 0 Å². The number of hydrogen-bond acceptors (Lipinski definition) is 3. The standard InChI is InChI=1S/C16H24N4/c1-4-14(13-8-6-5-7-9-13)15(17)10-16-18-11-19-20(16)12(2)3/h5-9,11-12,14-15H,4,10,17H2,1-3H3. The van der Waals surface area contributed by atoms with Gasteiger partial charge in [0.05, 0.1) is 0 Å². The number of benzene rings is 1. The lowest BCUT2D eigenvalue weighted by molar-refractivity contribution is 0.459. The molecule has 0 saturated carbocycles. The molecular weight excluding hydrogens is 248 g/mol. The van der Waals surface area contributed by atoms with Crippen LogP contribution in [0.1, 0.15) is 50.5 Å². The molecule has 0 bridgehead atoms. The van der Waals surface area contributed by atoms with Crippen molar-refractivity contribution in [3.63, 3.8) is 0 Å². The predicted molar refractivity (Wildman–Crippen MR) is 81.6 cm³/mol. The van der Waals surface area contributed by atoms with E-state index < -0.39 is 0 Å². The summed E-state index contributed by atoms with van der Waals surface area (Å²) in [7, 11) is 0. The summed E-state index contributed by atoms with van der Waals surface area (Å²) in [6.45, 7) is 6.40. The molecule has 2 N–H and O–H groups in total. The molecule has 0 spiro atoms. The maximum Gasteiger partial charge on any atom is 0.138 e. The van der Waals surface area contributed by atoms with E-state index in [1.54, 1.807) is 6.33 Å². The van der Waals surface area contributed by atoms with Crippen LogP contribution in [0.25, 0.3) is 0 Å². The molecule has 2 aromatic rings. The highest BCUT2D eigenvalue weighted by molar-refractivity contribution is 5.21. The van der Waals surface area contributed by atoms with Crippen molar-refractivity contribution in [3.8, 4) is 0 Å². The van der Waals surface area contributed by atoms with Gasteiger partial charge in [0.2, 0.25) is 0 Å². The molecule has 1 aromatic carbocycles. The summed E-state index contributed by atoms with van der Waals surface area (Å²) in [6, 6.07) is 10.9. The van der Waals surface area contributed by atoms with Gasteiger partial charge in [-0.2, -0.15) is 5.10 Å². The highest BCUT2D eigenvalue weighted by Crippen LogP contribution is 2.24. The first kappa shape index (κ1) is 14.7. The Morgan fingerprint density at radius 1 is 1.20 bits per heavy atom. The van der Waals surface area contributed by atoms with Gasteiger partial charge in [-0.25, -0.2) is 9.67 Å². The number of nitrogens with two attached hydrogens (primary N) is 1. The summed E-state index contributed by atoms with van der Waals surface area (Å²) in [5.41, 5.74) is 7.74. The van der Waals surface area contributed by atoms with Crippen molar-refractivity contribution in [2.45, 2.75) is 51.6 Å². The first-order valence-corrected chi connectivity index (χ1v) is 7.32. The van der Waals surface area contributed by atoms with Crippen molar-refractivity contribution < 1.29 is 0 Å². The van der Waals surface area contributed by atoms with Gasteiger partial charge >= 0.3 is 0 Å². The third kappa shape index (κ3) is 3.25. The molecule has 0 amide bonds. The van der Waals surface area contributed by atoms with E-state index in [0.717, 1.165) is 18.7 Å². The molecule has 0 aliphatic rings. The molecule has 2 unspecified atom stereocenters. The van der Waals surface area contributed by atoms with E-state index in [1.165, 1.54) is 5.56 Å². The van der Waals surface area contributed by atoms with Crippen LogP contribution < -0.4 is 5.73 Å². The van der Waals surface area contributed by atoms with E-state index in [1.807, 2.05) is 10.7 Å². The molecule has 20 heavy (non-hydrogen) atoms. The lowest BCUT2D eigenvalue weighted by atomic mass is 9.88. The van der Waals surface area contributed by atoms with Crippen LogP contribution in [0.15, 0.2) is 36.7 Å². The number of nitrogens with zero attached hydrogens (tertiary/aromatic N) is 3. The smallest absolute Gasteiger partial charge is 0.138 e. The minimum atomic E-state index is 0.0594. The molecule has 108 valence electrons. The van der Waals surface area contributed by atoms with Gasteiger partial charge in [-0.15, -0.1) is 0 Å². The molecule has 0 fully saturated rings. The van der Waals surface area contributed by atoms with Gasteiger partial charge in [0.15, 0.2) is 0 Å². The molecule has 4 nitrogen and oxygen atoms in total. The molecular formula is C16H24N4. The van der Waals surface area contributed by atoms with Crippen LogP contribution in [0.3, 0.4) is 0 Å². The zero-order chi connectivity index (χ0) is 14.5. The monoisotopic (exact) mass is 272 g/mol. The van der Waals surface area contributed by atoms with Gasteiger partial charge in [-0.3, -0.25) is 0 Å². The number of hydrogen-bond donors (Lipinski definition) is 1. The average molecular weight is 272 g/mol. The van der Waals surface area contributed by atoms with Crippen LogP contribution in [0.2, 0.25) is 0 Å². The fraction of sp³-hybridized carbons (Fsp3) is 0.500. The van der Waals surface area contributed by atoms with Crippen molar-refractivity contribution >= 4 is 0 Å². The maximum absolute atomic E-state index is 6.44. The zero-order valence-electron chi connectivity index (χ0n) is 12.5. The van der Waals surface area contributed by atoms with E-state index in [0.29, 0.717) is 12.0 Å². The Hall–Kier alpha value is -1.68. The summed E-state index contributed by atoms with van der Waals surface area (Å²) in [6.07, 6.45) is 3.40. The van der Waals surface area contributed by atoms with Crippen LogP contribution in [0, 0.1) is 0 Å². The van der Waals surface area contributed by atoms with E-state index in [4.69, 9.17) is 5.73 Å². The predicted octanol–water partition coefficient (Wildman–Crippen LogP) is 2.92. The molecule has 0 saturated heterocycles. The molecule has 0 aliphatic carbocycles. The highest BCUT2D eigenvalue weighted by Gasteiger charge is 2.21. The van der Waals surface area contributed by atoms with Gasteiger partial charge in [0.25, 0.3) is 0 Å². The Morgan fingerprint density at radius 2 is 1.90 bits per heavy atom. The van der Waals surface area contributed by atoms with E-state index in [-0.39, 0.29) is 6.04 Å². The summed E-state index contributed by atoms with van der Waals surface area (Å²) in [5, 5.41) is 4.28. The van der Waals surface area contributed by atoms with Gasteiger partial charge in [0, 0.05) is 18.5 Å². The number of rotatable bonds is 6. The third-order valence-electron chi connectivity index (χ3n) is 3.74. The highest BCUT2D eigenvalue weighted by atomic mass is 15.3. The van der Waals surface area contributed by atoms with E-state index in [9.17, 15) is 0 Å². The van der Waals surface area contributed by atoms with Crippen molar-refractivity contribution in [3.05, 3.63) is 48.0 Å². The van der Waals surface area contributed by atoms with Crippen molar-refractivity contribution in [2.75, 3.05) is 0 Å². The molecule has 0 radical (unpaired) electrons. The molecule has 0 aliphatic heterocycles. The topological polar surface area (TPSA) is 56.7 Å². The SMILES string of the molecule is CCC(c1ccccc1)C(N)Cc1ncnn1C(C)C. The first-order valence-electron chi connectivity index (χ1n) is 7.32. The van der Waals surface area contributed by atoms with Gasteiger partial charge in [0.1, 0.15) is 12.2 Å². The lowest BCUT2D eigenvalue weighted by Gasteiger charge is -2.23. The normalized spacial score (nSPS) is 14.4. The Kier molecular flexibility index (Phi) is 4.90. The second kappa shape index (κ2) is 6.66. The lowest BCUT2D eigenvalue weighted by Crippen LogP contribution is -2.32. The summed E-state index contributed by atoms with van der Waals surface area (Å²) < 4.78 is 1.96. The molecule has 1 heterocycles. The van der Waals surface area contributed by atoms with Gasteiger partial charge < -0.3 is 5.73 Å². The van der Waals surface area contributed by atoms with Crippen LogP contribution in [0.4, 0.5) is 0 Å². The summed E-state index contributed by atoms with van der Waals surface area (Å²) in [4.78, 5) is 4.36. The van der Waals surface area contributed by atoms with Crippen molar-refractivity contribution in [2.24, 2.45) is 5.73 Å². The molecule has 1 aromatic heterocycles. The van der Waals surface area contributed by atoms with Crippen LogP contribution in [0.5, 0.6) is 0 Å². The van der Waals surface area contributed by atoms with E-state index in [2.05, 4.69) is 55.1 Å². The second-order valence-electron chi connectivity index (χ2n) is 5.51. The molecule has 4 heteroatoms. The minimum Gasteiger partial charge on any atom is -0.327 e. The van der Waals surface area contributed by atoms with Crippen LogP contribution in [-0.2, 0) is 6.42 Å². The third-order valence-corrected chi connectivity index (χ3v) is 3.74. The molecule has 2 atom stereocenters. The number of aromatic nitrogens is 3. The van der Waals surface area contributed by atoms with Crippen molar-refractivity contribution in [1.82, 2.24) is 14.8 Å². The Morgan fingerprint density at radius 3 is 2.50 bits per heavy atom. The van der Waals surface area contributed by atoms with Gasteiger partial charge in [-0.05, 0) is 31.7 Å².